The molecule has 1 saturated carbocycles. The minimum atomic E-state index is -0.0494. The maximum atomic E-state index is 12.0. The fourth-order valence-electron chi connectivity index (χ4n) is 2.12. The van der Waals surface area contributed by atoms with Gasteiger partial charge in [-0.2, -0.15) is 0 Å². The minimum Gasteiger partial charge on any atom is -0.300 e. The average Bonchev–Trinajstić information content (AvgIpc) is 2.77. The molecule has 0 N–H and O–H groups in total. The third kappa shape index (κ3) is 2.49. The van der Waals surface area contributed by atoms with Crippen LogP contribution in [0.1, 0.15) is 32.6 Å². The molecule has 1 aromatic heterocycles. The largest absolute Gasteiger partial charge is 0.300 e. The number of ketones is 1. The van der Waals surface area contributed by atoms with Crippen LogP contribution in [-0.2, 0) is 9.59 Å². The van der Waals surface area contributed by atoms with E-state index in [0.29, 0.717) is 25.1 Å². The molecule has 1 atom stereocenters. The van der Waals surface area contributed by atoms with E-state index in [2.05, 4.69) is 9.97 Å². The van der Waals surface area contributed by atoms with E-state index in [-0.39, 0.29) is 17.7 Å². The number of anilines is 1. The molecule has 1 heterocycles. The molecule has 1 fully saturated rings. The summed E-state index contributed by atoms with van der Waals surface area (Å²) in [4.78, 5) is 33.0. The summed E-state index contributed by atoms with van der Waals surface area (Å²) in [5.41, 5.74) is 0. The third-order valence-corrected chi connectivity index (χ3v) is 2.95. The van der Waals surface area contributed by atoms with Crippen molar-refractivity contribution < 1.29 is 9.59 Å². The minimum absolute atomic E-state index is 0.00907. The van der Waals surface area contributed by atoms with Crippen LogP contribution < -0.4 is 4.90 Å². The Labute approximate surface area is 99.9 Å². The summed E-state index contributed by atoms with van der Waals surface area (Å²) in [6, 6.07) is -0.0494. The fourth-order valence-corrected chi connectivity index (χ4v) is 2.12. The highest BCUT2D eigenvalue weighted by molar-refractivity contribution is 5.94. The van der Waals surface area contributed by atoms with E-state index >= 15 is 0 Å². The molecule has 0 saturated heterocycles. The van der Waals surface area contributed by atoms with Crippen LogP contribution >= 0.6 is 0 Å². The van der Waals surface area contributed by atoms with Gasteiger partial charge in [0.15, 0.2) is 5.82 Å². The van der Waals surface area contributed by atoms with Crippen LogP contribution in [0.4, 0.5) is 5.82 Å². The van der Waals surface area contributed by atoms with E-state index in [1.54, 1.807) is 23.5 Å². The Balaban J connectivity index is 2.26. The molecule has 90 valence electrons. The quantitative estimate of drug-likeness (QED) is 0.790. The number of carbonyl (C=O) groups is 2. The lowest BCUT2D eigenvalue weighted by Gasteiger charge is -2.26. The third-order valence-electron chi connectivity index (χ3n) is 2.95. The van der Waals surface area contributed by atoms with Crippen molar-refractivity contribution in [1.29, 1.82) is 0 Å². The van der Waals surface area contributed by atoms with Gasteiger partial charge >= 0.3 is 0 Å². The molecule has 0 bridgehead atoms. The molecule has 17 heavy (non-hydrogen) atoms. The first-order chi connectivity index (χ1) is 8.22. The zero-order valence-corrected chi connectivity index (χ0v) is 9.80. The SMILES string of the molecule is CCC(=O)N(c1cnccn1)[C@@H]1CCC(=O)C1. The van der Waals surface area contributed by atoms with Crippen molar-refractivity contribution in [2.45, 2.75) is 38.6 Å². The van der Waals surface area contributed by atoms with Gasteiger partial charge in [0.25, 0.3) is 0 Å². The summed E-state index contributed by atoms with van der Waals surface area (Å²) in [5, 5.41) is 0. The zero-order chi connectivity index (χ0) is 12.3. The lowest BCUT2D eigenvalue weighted by atomic mass is 10.2. The molecule has 1 aliphatic carbocycles. The molecule has 2 rings (SSSR count). The Bertz CT molecular complexity index is 419. The molecule has 1 aliphatic rings. The van der Waals surface area contributed by atoms with Gasteiger partial charge in [0, 0.05) is 37.7 Å². The second kappa shape index (κ2) is 5.03. The van der Waals surface area contributed by atoms with Gasteiger partial charge in [0.1, 0.15) is 5.78 Å². The predicted molar refractivity (Wildman–Crippen MR) is 62.5 cm³/mol. The van der Waals surface area contributed by atoms with Crippen molar-refractivity contribution in [3.8, 4) is 0 Å². The van der Waals surface area contributed by atoms with Gasteiger partial charge < -0.3 is 0 Å². The number of hydrogen-bond acceptors (Lipinski definition) is 4. The molecular weight excluding hydrogens is 218 g/mol. The summed E-state index contributed by atoms with van der Waals surface area (Å²) < 4.78 is 0. The first kappa shape index (κ1) is 11.7. The summed E-state index contributed by atoms with van der Waals surface area (Å²) in [7, 11) is 0. The monoisotopic (exact) mass is 233 g/mol. The van der Waals surface area contributed by atoms with Crippen LogP contribution in [0.15, 0.2) is 18.6 Å². The van der Waals surface area contributed by atoms with Crippen molar-refractivity contribution >= 4 is 17.5 Å². The number of carbonyl (C=O) groups excluding carboxylic acids is 2. The van der Waals surface area contributed by atoms with E-state index in [1.807, 2.05) is 6.92 Å². The van der Waals surface area contributed by atoms with E-state index in [0.717, 1.165) is 6.42 Å². The molecule has 5 heteroatoms. The summed E-state index contributed by atoms with van der Waals surface area (Å²) in [6.45, 7) is 1.81. The van der Waals surface area contributed by atoms with Gasteiger partial charge in [0.2, 0.25) is 5.91 Å². The summed E-state index contributed by atoms with van der Waals surface area (Å²) in [6.07, 6.45) is 6.81. The smallest absolute Gasteiger partial charge is 0.228 e. The van der Waals surface area contributed by atoms with Gasteiger partial charge in [-0.05, 0) is 6.42 Å². The molecule has 0 spiro atoms. The molecule has 1 amide bonds. The topological polar surface area (TPSA) is 63.2 Å². The molecular formula is C12H15N3O2. The Morgan fingerprint density at radius 2 is 2.35 bits per heavy atom. The van der Waals surface area contributed by atoms with Crippen molar-refractivity contribution in [2.75, 3.05) is 4.90 Å². The van der Waals surface area contributed by atoms with Crippen LogP contribution in [0.3, 0.4) is 0 Å². The van der Waals surface area contributed by atoms with Gasteiger partial charge in [-0.15, -0.1) is 0 Å². The lowest BCUT2D eigenvalue weighted by Crippen LogP contribution is -2.39. The van der Waals surface area contributed by atoms with E-state index in [4.69, 9.17) is 0 Å². The summed E-state index contributed by atoms with van der Waals surface area (Å²) in [5.74, 6) is 0.747. The molecule has 0 aliphatic heterocycles. The molecule has 0 radical (unpaired) electrons. The van der Waals surface area contributed by atoms with Crippen LogP contribution in [-0.4, -0.2) is 27.7 Å². The number of hydrogen-bond donors (Lipinski definition) is 0. The van der Waals surface area contributed by atoms with Crippen LogP contribution in [0, 0.1) is 0 Å². The first-order valence-corrected chi connectivity index (χ1v) is 5.82. The van der Waals surface area contributed by atoms with E-state index in [1.165, 1.54) is 0 Å². The Morgan fingerprint density at radius 1 is 1.53 bits per heavy atom. The second-order valence-corrected chi connectivity index (χ2v) is 4.12. The Kier molecular flexibility index (Phi) is 3.46. The van der Waals surface area contributed by atoms with Gasteiger partial charge in [-0.25, -0.2) is 4.98 Å². The normalized spacial score (nSPS) is 19.4. The number of amides is 1. The van der Waals surface area contributed by atoms with Crippen LogP contribution in [0.2, 0.25) is 0 Å². The zero-order valence-electron chi connectivity index (χ0n) is 9.80. The molecule has 0 aromatic carbocycles. The molecule has 5 nitrogen and oxygen atoms in total. The lowest BCUT2D eigenvalue weighted by molar-refractivity contribution is -0.118. The van der Waals surface area contributed by atoms with E-state index in [9.17, 15) is 9.59 Å². The second-order valence-electron chi connectivity index (χ2n) is 4.12. The number of aromatic nitrogens is 2. The van der Waals surface area contributed by atoms with Crippen LogP contribution in [0.25, 0.3) is 0 Å². The highest BCUT2D eigenvalue weighted by Crippen LogP contribution is 2.25. The maximum Gasteiger partial charge on any atom is 0.228 e. The van der Waals surface area contributed by atoms with Gasteiger partial charge in [0.05, 0.1) is 6.20 Å². The summed E-state index contributed by atoms with van der Waals surface area (Å²) >= 11 is 0. The van der Waals surface area contributed by atoms with Crippen LogP contribution in [0.5, 0.6) is 0 Å². The number of rotatable bonds is 3. The standard InChI is InChI=1S/C12H15N3O2/c1-2-12(17)15(9-3-4-10(16)7-9)11-8-13-5-6-14-11/h5-6,8-9H,2-4,7H2,1H3/t9-/m1/s1. The average molecular weight is 233 g/mol. The number of nitrogens with zero attached hydrogens (tertiary/aromatic N) is 3. The maximum absolute atomic E-state index is 12.0. The van der Waals surface area contributed by atoms with Crippen molar-refractivity contribution in [1.82, 2.24) is 9.97 Å². The van der Waals surface area contributed by atoms with Crippen molar-refractivity contribution in [3.05, 3.63) is 18.6 Å². The predicted octanol–water partition coefficient (Wildman–Crippen LogP) is 1.34. The van der Waals surface area contributed by atoms with E-state index < -0.39 is 0 Å². The van der Waals surface area contributed by atoms with Crippen molar-refractivity contribution in [3.63, 3.8) is 0 Å². The van der Waals surface area contributed by atoms with Gasteiger partial charge in [-0.1, -0.05) is 6.92 Å². The molecule has 0 unspecified atom stereocenters. The Hall–Kier alpha value is -1.78. The number of Topliss-reactive ketones (excluding diaryl/α,β-unsaturated/α-hetero) is 1. The highest BCUT2D eigenvalue weighted by Gasteiger charge is 2.31. The fraction of sp³-hybridized carbons (Fsp3) is 0.500. The molecule has 1 aromatic rings. The highest BCUT2D eigenvalue weighted by atomic mass is 16.2. The van der Waals surface area contributed by atoms with Crippen molar-refractivity contribution in [2.24, 2.45) is 0 Å². The first-order valence-electron chi connectivity index (χ1n) is 5.82. The van der Waals surface area contributed by atoms with Gasteiger partial charge in [-0.3, -0.25) is 19.5 Å². The Morgan fingerprint density at radius 3 is 2.88 bits per heavy atom.